The molecule has 2 rings (SSSR count). The summed E-state index contributed by atoms with van der Waals surface area (Å²) in [5.41, 5.74) is 0. The molecule has 1 aliphatic carbocycles. The third kappa shape index (κ3) is 3.58. The van der Waals surface area contributed by atoms with Crippen LogP contribution in [-0.4, -0.2) is 36.5 Å². The van der Waals surface area contributed by atoms with Crippen molar-refractivity contribution in [3.63, 3.8) is 0 Å². The van der Waals surface area contributed by atoms with Crippen molar-refractivity contribution in [2.45, 2.75) is 30.0 Å². The van der Waals surface area contributed by atoms with Crippen LogP contribution in [0, 0.1) is 0 Å². The van der Waals surface area contributed by atoms with Gasteiger partial charge in [0, 0.05) is 12.2 Å². The monoisotopic (exact) mass is 314 g/mol. The molecular formula is C10H10ClF3N2O2S. The minimum absolute atomic E-state index is 0.0766. The van der Waals surface area contributed by atoms with Crippen LogP contribution in [0.2, 0.25) is 5.15 Å². The molecule has 0 aromatic carbocycles. The van der Waals surface area contributed by atoms with Gasteiger partial charge in [-0.15, -0.1) is 0 Å². The summed E-state index contributed by atoms with van der Waals surface area (Å²) >= 11 is 5.52. The zero-order chi connectivity index (χ0) is 14.3. The highest BCUT2D eigenvalue weighted by atomic mass is 35.5. The van der Waals surface area contributed by atoms with Crippen molar-refractivity contribution >= 4 is 21.6 Å². The van der Waals surface area contributed by atoms with Gasteiger partial charge < -0.3 is 0 Å². The maximum Gasteiger partial charge on any atom is 0.402 e. The number of rotatable bonds is 4. The minimum Gasteiger partial charge on any atom is -0.243 e. The first-order chi connectivity index (χ1) is 8.70. The van der Waals surface area contributed by atoms with Gasteiger partial charge in [-0.2, -0.15) is 17.5 Å². The second kappa shape index (κ2) is 4.92. The highest BCUT2D eigenvalue weighted by Gasteiger charge is 2.44. The van der Waals surface area contributed by atoms with Gasteiger partial charge >= 0.3 is 6.18 Å². The number of pyridine rings is 1. The molecule has 0 saturated heterocycles. The van der Waals surface area contributed by atoms with E-state index >= 15 is 0 Å². The van der Waals surface area contributed by atoms with E-state index in [1.165, 1.54) is 6.07 Å². The molecule has 1 fully saturated rings. The summed E-state index contributed by atoms with van der Waals surface area (Å²) in [4.78, 5) is 3.30. The second-order valence-electron chi connectivity index (χ2n) is 4.21. The molecule has 0 N–H and O–H groups in total. The fraction of sp³-hybridized carbons (Fsp3) is 0.500. The average Bonchev–Trinajstić information content (AvgIpc) is 3.09. The van der Waals surface area contributed by atoms with Crippen LogP contribution in [0.5, 0.6) is 0 Å². The van der Waals surface area contributed by atoms with Crippen molar-refractivity contribution < 1.29 is 21.6 Å². The third-order valence-corrected chi connectivity index (χ3v) is 4.70. The molecule has 9 heteroatoms. The van der Waals surface area contributed by atoms with E-state index in [4.69, 9.17) is 11.6 Å². The quantitative estimate of drug-likeness (QED) is 0.802. The highest BCUT2D eigenvalue weighted by molar-refractivity contribution is 7.89. The fourth-order valence-corrected chi connectivity index (χ4v) is 3.33. The Morgan fingerprint density at radius 2 is 2.00 bits per heavy atom. The Labute approximate surface area is 113 Å². The summed E-state index contributed by atoms with van der Waals surface area (Å²) in [6, 6.07) is 1.80. The number of alkyl halides is 3. The maximum absolute atomic E-state index is 12.5. The first kappa shape index (κ1) is 14.5. The first-order valence-corrected chi connectivity index (χ1v) is 7.22. The average molecular weight is 315 g/mol. The van der Waals surface area contributed by atoms with E-state index < -0.39 is 28.8 Å². The van der Waals surface area contributed by atoms with Crippen LogP contribution in [0.15, 0.2) is 23.2 Å². The third-order valence-electron chi connectivity index (χ3n) is 2.60. The second-order valence-corrected chi connectivity index (χ2v) is 6.49. The molecule has 1 aliphatic rings. The van der Waals surface area contributed by atoms with Gasteiger partial charge in [-0.1, -0.05) is 11.6 Å². The topological polar surface area (TPSA) is 50.3 Å². The molecule has 0 amide bonds. The predicted octanol–water partition coefficient (Wildman–Crippen LogP) is 2.45. The molecule has 0 aliphatic heterocycles. The van der Waals surface area contributed by atoms with Gasteiger partial charge in [0.25, 0.3) is 0 Å². The lowest BCUT2D eigenvalue weighted by molar-refractivity contribution is -0.137. The van der Waals surface area contributed by atoms with E-state index in [1.807, 2.05) is 0 Å². The Hall–Kier alpha value is -0.860. The minimum atomic E-state index is -4.57. The standard InChI is InChI=1S/C10H10ClF3N2O2S/c11-9-4-3-8(5-15-9)19(17,18)16(7-1-2-7)6-10(12,13)14/h3-5,7H,1-2,6H2. The SMILES string of the molecule is O=S(=O)(c1ccc(Cl)nc1)N(CC(F)(F)F)C1CC1. The molecule has 1 saturated carbocycles. The van der Waals surface area contributed by atoms with Crippen LogP contribution in [0.4, 0.5) is 13.2 Å². The Balaban J connectivity index is 2.32. The summed E-state index contributed by atoms with van der Waals surface area (Å²) in [5.74, 6) is 0. The molecule has 19 heavy (non-hydrogen) atoms. The molecule has 1 heterocycles. The molecule has 0 spiro atoms. The predicted molar refractivity (Wildman–Crippen MR) is 62.2 cm³/mol. The van der Waals surface area contributed by atoms with Crippen molar-refractivity contribution in [3.05, 3.63) is 23.5 Å². The van der Waals surface area contributed by atoms with E-state index in [0.717, 1.165) is 12.3 Å². The summed E-state index contributed by atoms with van der Waals surface area (Å²) in [5, 5.41) is 0.0766. The molecule has 0 unspecified atom stereocenters. The van der Waals surface area contributed by atoms with Crippen molar-refractivity contribution in [2.75, 3.05) is 6.54 Å². The van der Waals surface area contributed by atoms with Crippen molar-refractivity contribution in [3.8, 4) is 0 Å². The molecule has 106 valence electrons. The van der Waals surface area contributed by atoms with Crippen molar-refractivity contribution in [1.29, 1.82) is 0 Å². The number of nitrogens with zero attached hydrogens (tertiary/aromatic N) is 2. The Bertz CT molecular complexity index is 555. The first-order valence-electron chi connectivity index (χ1n) is 5.40. The molecule has 0 bridgehead atoms. The largest absolute Gasteiger partial charge is 0.402 e. The lowest BCUT2D eigenvalue weighted by atomic mass is 10.5. The Morgan fingerprint density at radius 1 is 1.37 bits per heavy atom. The number of aromatic nitrogens is 1. The normalized spacial score (nSPS) is 16.9. The zero-order valence-electron chi connectivity index (χ0n) is 9.56. The van der Waals surface area contributed by atoms with Gasteiger partial charge in [-0.05, 0) is 25.0 Å². The number of halogens is 4. The molecule has 1 aromatic heterocycles. The summed E-state index contributed by atoms with van der Waals surface area (Å²) in [6.07, 6.45) is -2.73. The van der Waals surface area contributed by atoms with Crippen molar-refractivity contribution in [1.82, 2.24) is 9.29 Å². The lowest BCUT2D eigenvalue weighted by Gasteiger charge is -2.22. The van der Waals surface area contributed by atoms with Crippen molar-refractivity contribution in [2.24, 2.45) is 0 Å². The summed E-state index contributed by atoms with van der Waals surface area (Å²) in [7, 11) is -4.20. The zero-order valence-corrected chi connectivity index (χ0v) is 11.1. The van der Waals surface area contributed by atoms with Gasteiger partial charge in [0.2, 0.25) is 10.0 Å². The highest BCUT2D eigenvalue weighted by Crippen LogP contribution is 2.34. The molecule has 1 aromatic rings. The van der Waals surface area contributed by atoms with Crippen LogP contribution in [0.3, 0.4) is 0 Å². The van der Waals surface area contributed by atoms with E-state index in [9.17, 15) is 21.6 Å². The summed E-state index contributed by atoms with van der Waals surface area (Å²) < 4.78 is 62.2. The maximum atomic E-state index is 12.5. The van der Waals surface area contributed by atoms with Gasteiger partial charge in [-0.25, -0.2) is 13.4 Å². The smallest absolute Gasteiger partial charge is 0.243 e. The lowest BCUT2D eigenvalue weighted by Crippen LogP contribution is -2.40. The van der Waals surface area contributed by atoms with E-state index in [-0.39, 0.29) is 10.0 Å². The van der Waals surface area contributed by atoms with Gasteiger partial charge in [0.05, 0.1) is 0 Å². The molecule has 4 nitrogen and oxygen atoms in total. The van der Waals surface area contributed by atoms with E-state index in [2.05, 4.69) is 4.98 Å². The van der Waals surface area contributed by atoms with Gasteiger partial charge in [0.15, 0.2) is 0 Å². The fourth-order valence-electron chi connectivity index (χ4n) is 1.60. The van der Waals surface area contributed by atoms with E-state index in [0.29, 0.717) is 17.1 Å². The van der Waals surface area contributed by atoms with Crippen LogP contribution in [0.1, 0.15) is 12.8 Å². The molecular weight excluding hydrogens is 305 g/mol. The van der Waals surface area contributed by atoms with Gasteiger partial charge in [0.1, 0.15) is 16.6 Å². The molecule has 0 atom stereocenters. The Morgan fingerprint density at radius 3 is 2.42 bits per heavy atom. The summed E-state index contributed by atoms with van der Waals surface area (Å²) in [6.45, 7) is -1.48. The van der Waals surface area contributed by atoms with Gasteiger partial charge in [-0.3, -0.25) is 0 Å². The van der Waals surface area contributed by atoms with Crippen LogP contribution in [-0.2, 0) is 10.0 Å². The Kier molecular flexibility index (Phi) is 3.76. The number of hydrogen-bond acceptors (Lipinski definition) is 3. The van der Waals surface area contributed by atoms with Crippen LogP contribution >= 0.6 is 11.6 Å². The number of hydrogen-bond donors (Lipinski definition) is 0. The van der Waals surface area contributed by atoms with E-state index in [1.54, 1.807) is 0 Å². The molecule has 0 radical (unpaired) electrons. The van der Waals surface area contributed by atoms with Crippen LogP contribution in [0.25, 0.3) is 0 Å². The number of sulfonamides is 1. The van der Waals surface area contributed by atoms with Crippen LogP contribution < -0.4 is 0 Å².